The van der Waals surface area contributed by atoms with Crippen molar-refractivity contribution in [2.24, 2.45) is 0 Å². The third-order valence-corrected chi connectivity index (χ3v) is 4.93. The molecule has 2 amide bonds. The van der Waals surface area contributed by atoms with E-state index in [1.165, 1.54) is 11.1 Å². The van der Waals surface area contributed by atoms with Crippen LogP contribution in [0.25, 0.3) is 0 Å². The number of amides is 2. The smallest absolute Gasteiger partial charge is 0.315 e. The van der Waals surface area contributed by atoms with Crippen molar-refractivity contribution in [2.75, 3.05) is 26.3 Å². The van der Waals surface area contributed by atoms with Gasteiger partial charge in [0.15, 0.2) is 0 Å². The molecular weight excluding hydrogens is 290 g/mol. The number of urea groups is 1. The van der Waals surface area contributed by atoms with Gasteiger partial charge in [-0.15, -0.1) is 0 Å². The van der Waals surface area contributed by atoms with Gasteiger partial charge in [0.25, 0.3) is 0 Å². The minimum Gasteiger partial charge on any atom is -0.379 e. The number of hydrogen-bond donors (Lipinski definition) is 2. The number of nitrogens with one attached hydrogen (secondary N) is 2. The molecule has 0 radical (unpaired) electrons. The lowest BCUT2D eigenvalue weighted by atomic mass is 10.1. The molecule has 5 heteroatoms. The van der Waals surface area contributed by atoms with Gasteiger partial charge in [-0.25, -0.2) is 4.79 Å². The standard InChI is InChI=1S/C18H27N3O2/c1-13(21-7-8-23-12-14(21)2)11-19-18(22)20-17-9-15-5-3-4-6-16(15)10-17/h3-6,13-14,17H,7-12H2,1-2H3,(H2,19,20,22)/t13-,14-/m0/s1. The topological polar surface area (TPSA) is 53.6 Å². The molecule has 0 aromatic heterocycles. The Morgan fingerprint density at radius 2 is 2.04 bits per heavy atom. The van der Waals surface area contributed by atoms with Crippen molar-refractivity contribution in [1.29, 1.82) is 0 Å². The molecule has 23 heavy (non-hydrogen) atoms. The molecule has 1 aromatic rings. The molecular formula is C18H27N3O2. The molecule has 1 fully saturated rings. The Hall–Kier alpha value is -1.59. The van der Waals surface area contributed by atoms with Crippen LogP contribution in [0.3, 0.4) is 0 Å². The Balaban J connectivity index is 1.42. The monoisotopic (exact) mass is 317 g/mol. The Kier molecular flexibility index (Phi) is 5.18. The van der Waals surface area contributed by atoms with Crippen molar-refractivity contribution in [3.05, 3.63) is 35.4 Å². The SMILES string of the molecule is C[C@@H](CNC(=O)NC1Cc2ccccc2C1)N1CCOC[C@@H]1C. The van der Waals surface area contributed by atoms with Crippen LogP contribution < -0.4 is 10.6 Å². The summed E-state index contributed by atoms with van der Waals surface area (Å²) in [6.07, 6.45) is 1.86. The lowest BCUT2D eigenvalue weighted by Crippen LogP contribution is -2.53. The lowest BCUT2D eigenvalue weighted by molar-refractivity contribution is -0.0176. The first-order valence-electron chi connectivity index (χ1n) is 8.58. The molecule has 0 bridgehead atoms. The van der Waals surface area contributed by atoms with Crippen LogP contribution in [0.15, 0.2) is 24.3 Å². The van der Waals surface area contributed by atoms with Crippen LogP contribution in [0.5, 0.6) is 0 Å². The fourth-order valence-electron chi connectivity index (χ4n) is 3.65. The summed E-state index contributed by atoms with van der Waals surface area (Å²) < 4.78 is 5.47. The first-order chi connectivity index (χ1) is 11.1. The normalized spacial score (nSPS) is 23.3. The number of rotatable bonds is 4. The van der Waals surface area contributed by atoms with Crippen LogP contribution in [0.2, 0.25) is 0 Å². The van der Waals surface area contributed by atoms with Crippen LogP contribution >= 0.6 is 0 Å². The molecule has 2 N–H and O–H groups in total. The van der Waals surface area contributed by atoms with Gasteiger partial charge in [-0.1, -0.05) is 24.3 Å². The maximum atomic E-state index is 12.2. The van der Waals surface area contributed by atoms with E-state index < -0.39 is 0 Å². The van der Waals surface area contributed by atoms with Crippen LogP contribution in [0.1, 0.15) is 25.0 Å². The maximum absolute atomic E-state index is 12.2. The van der Waals surface area contributed by atoms with Crippen LogP contribution in [0.4, 0.5) is 4.79 Å². The quantitative estimate of drug-likeness (QED) is 0.886. The van der Waals surface area contributed by atoms with E-state index in [0.29, 0.717) is 18.6 Å². The van der Waals surface area contributed by atoms with Crippen molar-refractivity contribution in [3.63, 3.8) is 0 Å². The van der Waals surface area contributed by atoms with Gasteiger partial charge in [0.1, 0.15) is 0 Å². The number of hydrogen-bond acceptors (Lipinski definition) is 3. The van der Waals surface area contributed by atoms with Crippen LogP contribution in [-0.4, -0.2) is 55.4 Å². The predicted octanol–water partition coefficient (Wildman–Crippen LogP) is 1.56. The van der Waals surface area contributed by atoms with Crippen molar-refractivity contribution in [3.8, 4) is 0 Å². The molecule has 126 valence electrons. The Morgan fingerprint density at radius 3 is 2.70 bits per heavy atom. The average Bonchev–Trinajstić information content (AvgIpc) is 2.95. The molecule has 0 saturated carbocycles. The fraction of sp³-hybridized carbons (Fsp3) is 0.611. The number of morpholine rings is 1. The first kappa shape index (κ1) is 16.3. The zero-order chi connectivity index (χ0) is 16.2. The summed E-state index contributed by atoms with van der Waals surface area (Å²) in [6.45, 7) is 7.48. The van der Waals surface area contributed by atoms with Gasteiger partial charge in [-0.2, -0.15) is 0 Å². The van der Waals surface area contributed by atoms with E-state index in [1.54, 1.807) is 0 Å². The lowest BCUT2D eigenvalue weighted by Gasteiger charge is -2.37. The molecule has 1 saturated heterocycles. The third kappa shape index (κ3) is 4.03. The highest BCUT2D eigenvalue weighted by Crippen LogP contribution is 2.21. The minimum absolute atomic E-state index is 0.0597. The summed E-state index contributed by atoms with van der Waals surface area (Å²) in [5.41, 5.74) is 2.71. The molecule has 1 heterocycles. The van der Waals surface area contributed by atoms with E-state index >= 15 is 0 Å². The number of carbonyl (C=O) groups excluding carboxylic acids is 1. The summed E-state index contributed by atoms with van der Waals surface area (Å²) in [6, 6.07) is 9.31. The van der Waals surface area contributed by atoms with Gasteiger partial charge in [-0.05, 0) is 37.8 Å². The highest BCUT2D eigenvalue weighted by molar-refractivity contribution is 5.74. The molecule has 1 aliphatic carbocycles. The van der Waals surface area contributed by atoms with E-state index in [2.05, 4.69) is 53.6 Å². The molecule has 2 atom stereocenters. The second-order valence-electron chi connectivity index (χ2n) is 6.74. The summed E-state index contributed by atoms with van der Waals surface area (Å²) in [5.74, 6) is 0. The van der Waals surface area contributed by atoms with Gasteiger partial charge in [-0.3, -0.25) is 4.90 Å². The fourth-order valence-corrected chi connectivity index (χ4v) is 3.65. The maximum Gasteiger partial charge on any atom is 0.315 e. The van der Waals surface area contributed by atoms with Crippen LogP contribution in [-0.2, 0) is 17.6 Å². The zero-order valence-electron chi connectivity index (χ0n) is 14.0. The van der Waals surface area contributed by atoms with Crippen molar-refractivity contribution >= 4 is 6.03 Å². The Bertz CT molecular complexity index is 524. The highest BCUT2D eigenvalue weighted by atomic mass is 16.5. The van der Waals surface area contributed by atoms with E-state index in [-0.39, 0.29) is 12.1 Å². The minimum atomic E-state index is -0.0597. The average molecular weight is 317 g/mol. The molecule has 2 aliphatic rings. The number of ether oxygens (including phenoxy) is 1. The van der Waals surface area contributed by atoms with Crippen molar-refractivity contribution < 1.29 is 9.53 Å². The molecule has 1 aromatic carbocycles. The summed E-state index contributed by atoms with van der Waals surface area (Å²) in [4.78, 5) is 14.6. The summed E-state index contributed by atoms with van der Waals surface area (Å²) in [5, 5.41) is 6.12. The van der Waals surface area contributed by atoms with Crippen molar-refractivity contribution in [2.45, 2.75) is 44.8 Å². The van der Waals surface area contributed by atoms with Gasteiger partial charge in [0, 0.05) is 31.2 Å². The molecule has 0 spiro atoms. The van der Waals surface area contributed by atoms with Gasteiger partial charge < -0.3 is 15.4 Å². The van der Waals surface area contributed by atoms with Crippen LogP contribution in [0, 0.1) is 0 Å². The molecule has 5 nitrogen and oxygen atoms in total. The van der Waals surface area contributed by atoms with E-state index in [4.69, 9.17) is 4.74 Å². The van der Waals surface area contributed by atoms with E-state index in [9.17, 15) is 4.79 Å². The highest BCUT2D eigenvalue weighted by Gasteiger charge is 2.25. The van der Waals surface area contributed by atoms with Gasteiger partial charge in [0.2, 0.25) is 0 Å². The zero-order valence-corrected chi connectivity index (χ0v) is 14.0. The predicted molar refractivity (Wildman–Crippen MR) is 90.6 cm³/mol. The Labute approximate surface area is 138 Å². The first-order valence-corrected chi connectivity index (χ1v) is 8.58. The van der Waals surface area contributed by atoms with Gasteiger partial charge >= 0.3 is 6.03 Å². The second-order valence-corrected chi connectivity index (χ2v) is 6.74. The summed E-state index contributed by atoms with van der Waals surface area (Å²) >= 11 is 0. The number of benzene rings is 1. The second kappa shape index (κ2) is 7.32. The van der Waals surface area contributed by atoms with Gasteiger partial charge in [0.05, 0.1) is 13.2 Å². The van der Waals surface area contributed by atoms with Crippen molar-refractivity contribution in [1.82, 2.24) is 15.5 Å². The van der Waals surface area contributed by atoms with E-state index in [0.717, 1.165) is 32.6 Å². The summed E-state index contributed by atoms with van der Waals surface area (Å²) in [7, 11) is 0. The molecule has 1 aliphatic heterocycles. The Morgan fingerprint density at radius 1 is 1.35 bits per heavy atom. The number of fused-ring (bicyclic) bond motifs is 1. The molecule has 3 rings (SSSR count). The number of carbonyl (C=O) groups is 1. The number of nitrogens with zero attached hydrogens (tertiary/aromatic N) is 1. The largest absolute Gasteiger partial charge is 0.379 e. The third-order valence-electron chi connectivity index (χ3n) is 4.93. The molecule has 0 unspecified atom stereocenters. The van der Waals surface area contributed by atoms with E-state index in [1.807, 2.05) is 0 Å².